The summed E-state index contributed by atoms with van der Waals surface area (Å²) < 4.78 is 0. The Balaban J connectivity index is 1.90. The number of hydrogen-bond donors (Lipinski definition) is 1. The summed E-state index contributed by atoms with van der Waals surface area (Å²) in [6.45, 7) is 5.76. The quantitative estimate of drug-likeness (QED) is 0.782. The minimum atomic E-state index is 0.507. The van der Waals surface area contributed by atoms with Gasteiger partial charge in [0.25, 0.3) is 0 Å². The average molecular weight is 267 g/mol. The molecule has 2 aromatic carbocycles. The van der Waals surface area contributed by atoms with E-state index in [2.05, 4.69) is 61.6 Å². The summed E-state index contributed by atoms with van der Waals surface area (Å²) in [5, 5.41) is 6.47. The molecule has 2 aromatic rings. The fraction of sp³-hybridized carbons (Fsp3) is 0.474. The molecule has 0 amide bonds. The molecule has 1 N–H and O–H groups in total. The van der Waals surface area contributed by atoms with E-state index in [0.29, 0.717) is 6.04 Å². The van der Waals surface area contributed by atoms with E-state index in [9.17, 15) is 0 Å². The Morgan fingerprint density at radius 3 is 2.55 bits per heavy atom. The minimum absolute atomic E-state index is 0.507. The van der Waals surface area contributed by atoms with Crippen LogP contribution in [0, 0.1) is 11.8 Å². The van der Waals surface area contributed by atoms with Crippen molar-refractivity contribution in [1.82, 2.24) is 5.32 Å². The van der Waals surface area contributed by atoms with E-state index >= 15 is 0 Å². The van der Waals surface area contributed by atoms with Crippen molar-refractivity contribution in [2.45, 2.75) is 39.2 Å². The van der Waals surface area contributed by atoms with Crippen molar-refractivity contribution in [3.63, 3.8) is 0 Å². The second kappa shape index (κ2) is 5.97. The van der Waals surface area contributed by atoms with Crippen LogP contribution in [0.4, 0.5) is 0 Å². The molecule has 106 valence electrons. The molecule has 20 heavy (non-hydrogen) atoms. The number of nitrogens with one attached hydrogen (secondary N) is 1. The smallest absolute Gasteiger partial charge is 0.0348 e. The first-order valence-electron chi connectivity index (χ1n) is 8.01. The lowest BCUT2D eigenvalue weighted by Crippen LogP contribution is -2.28. The highest BCUT2D eigenvalue weighted by Crippen LogP contribution is 2.42. The highest BCUT2D eigenvalue weighted by molar-refractivity contribution is 5.83. The molecular weight excluding hydrogens is 242 g/mol. The molecule has 0 spiro atoms. The SMILES string of the molecule is CCCNC(c1ccc2ccccc2c1)C(C)C1CC1. The molecule has 2 unspecified atom stereocenters. The van der Waals surface area contributed by atoms with E-state index in [1.807, 2.05) is 0 Å². The van der Waals surface area contributed by atoms with Gasteiger partial charge in [-0.1, -0.05) is 50.2 Å². The summed E-state index contributed by atoms with van der Waals surface area (Å²) in [7, 11) is 0. The highest BCUT2D eigenvalue weighted by atomic mass is 14.9. The maximum atomic E-state index is 3.77. The van der Waals surface area contributed by atoms with Crippen LogP contribution in [0.15, 0.2) is 42.5 Å². The average Bonchev–Trinajstić information content (AvgIpc) is 3.32. The molecule has 0 radical (unpaired) electrons. The Morgan fingerprint density at radius 2 is 1.85 bits per heavy atom. The third-order valence-corrected chi connectivity index (χ3v) is 4.64. The first-order valence-corrected chi connectivity index (χ1v) is 8.01. The highest BCUT2D eigenvalue weighted by Gasteiger charge is 2.33. The predicted molar refractivity (Wildman–Crippen MR) is 86.9 cm³/mol. The van der Waals surface area contributed by atoms with Crippen LogP contribution in [0.5, 0.6) is 0 Å². The Labute approximate surface area is 122 Å². The minimum Gasteiger partial charge on any atom is -0.310 e. The van der Waals surface area contributed by atoms with Gasteiger partial charge in [-0.05, 0) is 60.0 Å². The van der Waals surface area contributed by atoms with Crippen molar-refractivity contribution in [2.75, 3.05) is 6.54 Å². The third kappa shape index (κ3) is 2.88. The molecule has 3 rings (SSSR count). The molecule has 0 aliphatic heterocycles. The molecule has 1 nitrogen and oxygen atoms in total. The number of benzene rings is 2. The number of hydrogen-bond acceptors (Lipinski definition) is 1. The van der Waals surface area contributed by atoms with Crippen molar-refractivity contribution in [1.29, 1.82) is 0 Å². The lowest BCUT2D eigenvalue weighted by molar-refractivity contribution is 0.350. The Bertz CT molecular complexity index is 571. The summed E-state index contributed by atoms with van der Waals surface area (Å²) >= 11 is 0. The fourth-order valence-electron chi connectivity index (χ4n) is 3.20. The summed E-state index contributed by atoms with van der Waals surface area (Å²) in [5.41, 5.74) is 1.46. The van der Waals surface area contributed by atoms with Crippen molar-refractivity contribution in [3.8, 4) is 0 Å². The molecule has 2 atom stereocenters. The van der Waals surface area contributed by atoms with Crippen LogP contribution >= 0.6 is 0 Å². The molecule has 1 aliphatic carbocycles. The molecule has 0 heterocycles. The molecule has 0 bridgehead atoms. The van der Waals surface area contributed by atoms with Gasteiger partial charge < -0.3 is 5.32 Å². The largest absolute Gasteiger partial charge is 0.310 e. The lowest BCUT2D eigenvalue weighted by Gasteiger charge is -2.26. The number of rotatable bonds is 6. The van der Waals surface area contributed by atoms with E-state index in [-0.39, 0.29) is 0 Å². The van der Waals surface area contributed by atoms with Crippen LogP contribution in [-0.4, -0.2) is 6.54 Å². The van der Waals surface area contributed by atoms with E-state index in [1.54, 1.807) is 0 Å². The first kappa shape index (κ1) is 13.6. The van der Waals surface area contributed by atoms with Gasteiger partial charge in [-0.25, -0.2) is 0 Å². The Kier molecular flexibility index (Phi) is 4.07. The summed E-state index contributed by atoms with van der Waals surface area (Å²) in [6, 6.07) is 16.1. The monoisotopic (exact) mass is 267 g/mol. The lowest BCUT2D eigenvalue weighted by atomic mass is 9.89. The second-order valence-corrected chi connectivity index (χ2v) is 6.23. The van der Waals surface area contributed by atoms with E-state index in [1.165, 1.54) is 35.6 Å². The third-order valence-electron chi connectivity index (χ3n) is 4.64. The van der Waals surface area contributed by atoms with Crippen molar-refractivity contribution < 1.29 is 0 Å². The van der Waals surface area contributed by atoms with Gasteiger partial charge in [0.05, 0.1) is 0 Å². The second-order valence-electron chi connectivity index (χ2n) is 6.23. The van der Waals surface area contributed by atoms with Gasteiger partial charge in [0.15, 0.2) is 0 Å². The van der Waals surface area contributed by atoms with Crippen LogP contribution in [0.1, 0.15) is 44.7 Å². The Hall–Kier alpha value is -1.34. The molecule has 1 saturated carbocycles. The zero-order valence-electron chi connectivity index (χ0n) is 12.6. The van der Waals surface area contributed by atoms with Crippen LogP contribution in [0.2, 0.25) is 0 Å². The van der Waals surface area contributed by atoms with Gasteiger partial charge in [0.1, 0.15) is 0 Å². The van der Waals surface area contributed by atoms with Gasteiger partial charge in [-0.3, -0.25) is 0 Å². The molecule has 0 aromatic heterocycles. The van der Waals surface area contributed by atoms with Gasteiger partial charge in [0.2, 0.25) is 0 Å². The standard InChI is InChI=1S/C19H25N/c1-3-12-20-19(14(2)15-8-9-15)18-11-10-16-6-4-5-7-17(16)13-18/h4-7,10-11,13-15,19-20H,3,8-9,12H2,1-2H3. The molecule has 1 aliphatic rings. The van der Waals surface area contributed by atoms with Crippen molar-refractivity contribution in [3.05, 3.63) is 48.0 Å². The van der Waals surface area contributed by atoms with Crippen LogP contribution < -0.4 is 5.32 Å². The zero-order valence-corrected chi connectivity index (χ0v) is 12.6. The van der Waals surface area contributed by atoms with Crippen LogP contribution in [0.25, 0.3) is 10.8 Å². The summed E-state index contributed by atoms with van der Waals surface area (Å²) in [5.74, 6) is 1.67. The maximum Gasteiger partial charge on any atom is 0.0348 e. The van der Waals surface area contributed by atoms with E-state index in [4.69, 9.17) is 0 Å². The van der Waals surface area contributed by atoms with Crippen LogP contribution in [-0.2, 0) is 0 Å². The maximum absolute atomic E-state index is 3.77. The van der Waals surface area contributed by atoms with Crippen LogP contribution in [0.3, 0.4) is 0 Å². The predicted octanol–water partition coefficient (Wildman–Crippen LogP) is 4.93. The van der Waals surface area contributed by atoms with E-state index in [0.717, 1.165) is 18.4 Å². The fourth-order valence-corrected chi connectivity index (χ4v) is 3.20. The number of fused-ring (bicyclic) bond motifs is 1. The molecular formula is C19H25N. The summed E-state index contributed by atoms with van der Waals surface area (Å²) in [4.78, 5) is 0. The Morgan fingerprint density at radius 1 is 1.10 bits per heavy atom. The van der Waals surface area contributed by atoms with Gasteiger partial charge in [-0.15, -0.1) is 0 Å². The normalized spacial score (nSPS) is 18.1. The van der Waals surface area contributed by atoms with Crippen molar-refractivity contribution >= 4 is 10.8 Å². The topological polar surface area (TPSA) is 12.0 Å². The zero-order chi connectivity index (χ0) is 13.9. The van der Waals surface area contributed by atoms with E-state index < -0.39 is 0 Å². The molecule has 1 fully saturated rings. The molecule has 1 heteroatoms. The van der Waals surface area contributed by atoms with Gasteiger partial charge in [0, 0.05) is 6.04 Å². The van der Waals surface area contributed by atoms with Crippen molar-refractivity contribution in [2.24, 2.45) is 11.8 Å². The van der Waals surface area contributed by atoms with Gasteiger partial charge >= 0.3 is 0 Å². The molecule has 0 saturated heterocycles. The summed E-state index contributed by atoms with van der Waals surface area (Å²) in [6.07, 6.45) is 4.03. The van der Waals surface area contributed by atoms with Gasteiger partial charge in [-0.2, -0.15) is 0 Å². The first-order chi connectivity index (χ1) is 9.79.